The van der Waals surface area contributed by atoms with Crippen molar-refractivity contribution in [3.8, 4) is 5.75 Å². The Morgan fingerprint density at radius 1 is 1.12 bits per heavy atom. The minimum atomic E-state index is -0.476. The zero-order valence-electron chi connectivity index (χ0n) is 18.8. The van der Waals surface area contributed by atoms with Crippen LogP contribution in [0.5, 0.6) is 5.75 Å². The highest BCUT2D eigenvalue weighted by Crippen LogP contribution is 2.21. The molecule has 1 aromatic carbocycles. The van der Waals surface area contributed by atoms with Gasteiger partial charge in [0.05, 0.1) is 18.1 Å². The SMILES string of the molecule is Cc1cc(OCn2ccc(C(=O)Nc3cnn(C)c3C(=O)NCc3cnn(C)c3)n2)ccc1Cl. The average Bonchev–Trinajstić information content (AvgIpc) is 3.53. The van der Waals surface area contributed by atoms with Gasteiger partial charge in [-0.2, -0.15) is 15.3 Å². The van der Waals surface area contributed by atoms with E-state index in [0.717, 1.165) is 11.1 Å². The lowest BCUT2D eigenvalue weighted by atomic mass is 10.2. The number of ether oxygens (including phenoxy) is 1. The van der Waals surface area contributed by atoms with E-state index in [1.54, 1.807) is 55.6 Å². The van der Waals surface area contributed by atoms with E-state index in [0.29, 0.717) is 17.3 Å². The molecule has 176 valence electrons. The maximum absolute atomic E-state index is 12.7. The van der Waals surface area contributed by atoms with Crippen molar-refractivity contribution in [3.63, 3.8) is 0 Å². The van der Waals surface area contributed by atoms with Crippen molar-refractivity contribution in [2.75, 3.05) is 5.32 Å². The van der Waals surface area contributed by atoms with E-state index in [-0.39, 0.29) is 29.7 Å². The summed E-state index contributed by atoms with van der Waals surface area (Å²) in [5.74, 6) is -0.215. The summed E-state index contributed by atoms with van der Waals surface area (Å²) in [6.07, 6.45) is 6.52. The van der Waals surface area contributed by atoms with Crippen LogP contribution in [0.25, 0.3) is 0 Å². The van der Waals surface area contributed by atoms with E-state index >= 15 is 0 Å². The van der Waals surface area contributed by atoms with Crippen LogP contribution in [0.4, 0.5) is 5.69 Å². The van der Waals surface area contributed by atoms with Crippen LogP contribution in [0.15, 0.2) is 49.1 Å². The minimum absolute atomic E-state index is 0.114. The molecule has 0 aliphatic carbocycles. The van der Waals surface area contributed by atoms with Gasteiger partial charge < -0.3 is 15.4 Å². The van der Waals surface area contributed by atoms with Crippen LogP contribution in [-0.4, -0.2) is 41.2 Å². The summed E-state index contributed by atoms with van der Waals surface area (Å²) >= 11 is 6.03. The van der Waals surface area contributed by atoms with Gasteiger partial charge in [-0.05, 0) is 36.8 Å². The van der Waals surface area contributed by atoms with Crippen LogP contribution in [0.2, 0.25) is 5.02 Å². The van der Waals surface area contributed by atoms with Gasteiger partial charge in [0, 0.05) is 43.6 Å². The molecule has 0 aliphatic heterocycles. The minimum Gasteiger partial charge on any atom is -0.471 e. The summed E-state index contributed by atoms with van der Waals surface area (Å²) in [6, 6.07) is 6.90. The molecule has 0 saturated carbocycles. The summed E-state index contributed by atoms with van der Waals surface area (Å²) in [6.45, 7) is 2.30. The fourth-order valence-electron chi connectivity index (χ4n) is 3.22. The number of nitrogens with zero attached hydrogens (tertiary/aromatic N) is 6. The molecule has 0 radical (unpaired) electrons. The molecule has 4 aromatic rings. The van der Waals surface area contributed by atoms with E-state index in [9.17, 15) is 9.59 Å². The molecule has 34 heavy (non-hydrogen) atoms. The van der Waals surface area contributed by atoms with Gasteiger partial charge in [0.2, 0.25) is 0 Å². The fourth-order valence-corrected chi connectivity index (χ4v) is 3.33. The Hall–Kier alpha value is -4.12. The molecule has 0 fully saturated rings. The summed E-state index contributed by atoms with van der Waals surface area (Å²) in [5.41, 5.74) is 2.42. The van der Waals surface area contributed by atoms with Crippen LogP contribution in [-0.2, 0) is 27.4 Å². The van der Waals surface area contributed by atoms with Crippen LogP contribution in [0.3, 0.4) is 0 Å². The van der Waals surface area contributed by atoms with Crippen molar-refractivity contribution in [1.29, 1.82) is 0 Å². The summed E-state index contributed by atoms with van der Waals surface area (Å²) < 4.78 is 10.2. The van der Waals surface area contributed by atoms with Gasteiger partial charge in [-0.1, -0.05) is 11.6 Å². The molecular weight excluding hydrogens is 460 g/mol. The van der Waals surface area contributed by atoms with E-state index < -0.39 is 5.91 Å². The Bertz CT molecular complexity index is 1340. The maximum atomic E-state index is 12.7. The fraction of sp³-hybridized carbons (Fsp3) is 0.227. The van der Waals surface area contributed by atoms with Gasteiger partial charge in [0.25, 0.3) is 11.8 Å². The molecule has 0 bridgehead atoms. The van der Waals surface area contributed by atoms with Gasteiger partial charge in [-0.25, -0.2) is 4.68 Å². The molecule has 0 aliphatic rings. The number of carbonyl (C=O) groups is 2. The molecule has 3 heterocycles. The van der Waals surface area contributed by atoms with Crippen molar-refractivity contribution in [1.82, 2.24) is 34.7 Å². The molecule has 0 spiro atoms. The van der Waals surface area contributed by atoms with Gasteiger partial charge in [0.15, 0.2) is 12.4 Å². The topological polar surface area (TPSA) is 121 Å². The lowest BCUT2D eigenvalue weighted by Gasteiger charge is -2.08. The molecule has 0 unspecified atom stereocenters. The number of hydrogen-bond donors (Lipinski definition) is 2. The Morgan fingerprint density at radius 2 is 1.94 bits per heavy atom. The standard InChI is InChI=1S/C22H23ClN8O3/c1-14-8-16(4-5-17(14)23)34-13-31-7-6-18(28-31)21(32)27-19-11-26-30(3)20(19)22(33)24-9-15-10-25-29(2)12-15/h4-8,10-12H,9,13H2,1-3H3,(H,24,33)(H,27,32). The first-order chi connectivity index (χ1) is 16.3. The second kappa shape index (κ2) is 9.79. The monoisotopic (exact) mass is 482 g/mol. The van der Waals surface area contributed by atoms with Gasteiger partial charge >= 0.3 is 0 Å². The number of benzene rings is 1. The van der Waals surface area contributed by atoms with Crippen molar-refractivity contribution in [3.05, 3.63) is 76.6 Å². The third-order valence-electron chi connectivity index (χ3n) is 4.98. The maximum Gasteiger partial charge on any atom is 0.276 e. The first-order valence-corrected chi connectivity index (χ1v) is 10.7. The molecule has 11 nitrogen and oxygen atoms in total. The van der Waals surface area contributed by atoms with Gasteiger partial charge in [0.1, 0.15) is 11.4 Å². The highest BCUT2D eigenvalue weighted by Gasteiger charge is 2.20. The van der Waals surface area contributed by atoms with Crippen LogP contribution >= 0.6 is 11.6 Å². The third-order valence-corrected chi connectivity index (χ3v) is 5.40. The van der Waals surface area contributed by atoms with E-state index in [4.69, 9.17) is 16.3 Å². The Kier molecular flexibility index (Phi) is 6.64. The number of aromatic nitrogens is 6. The average molecular weight is 483 g/mol. The van der Waals surface area contributed by atoms with Crippen LogP contribution in [0, 0.1) is 6.92 Å². The first kappa shape index (κ1) is 23.1. The number of rotatable bonds is 8. The van der Waals surface area contributed by atoms with E-state index in [1.165, 1.54) is 15.6 Å². The Morgan fingerprint density at radius 3 is 2.68 bits per heavy atom. The molecule has 2 amide bonds. The van der Waals surface area contributed by atoms with Crippen molar-refractivity contribution < 1.29 is 14.3 Å². The summed E-state index contributed by atoms with van der Waals surface area (Å²) in [7, 11) is 3.42. The summed E-state index contributed by atoms with van der Waals surface area (Å²) in [4.78, 5) is 25.4. The largest absolute Gasteiger partial charge is 0.471 e. The van der Waals surface area contributed by atoms with Gasteiger partial charge in [-0.3, -0.25) is 19.0 Å². The zero-order chi connectivity index (χ0) is 24.2. The molecule has 12 heteroatoms. The number of aryl methyl sites for hydroxylation is 3. The molecule has 4 rings (SSSR count). The molecule has 2 N–H and O–H groups in total. The third kappa shape index (κ3) is 5.26. The van der Waals surface area contributed by atoms with Crippen molar-refractivity contribution >= 4 is 29.1 Å². The highest BCUT2D eigenvalue weighted by molar-refractivity contribution is 6.31. The molecule has 0 saturated heterocycles. The number of hydrogen-bond acceptors (Lipinski definition) is 6. The molecule has 3 aromatic heterocycles. The summed E-state index contributed by atoms with van der Waals surface area (Å²) in [5, 5.41) is 18.6. The predicted octanol–water partition coefficient (Wildman–Crippen LogP) is 2.53. The number of nitrogens with one attached hydrogen (secondary N) is 2. The van der Waals surface area contributed by atoms with E-state index in [1.807, 2.05) is 13.0 Å². The smallest absolute Gasteiger partial charge is 0.276 e. The number of amides is 2. The first-order valence-electron chi connectivity index (χ1n) is 10.3. The Labute approximate surface area is 200 Å². The van der Waals surface area contributed by atoms with Crippen molar-refractivity contribution in [2.45, 2.75) is 20.2 Å². The van der Waals surface area contributed by atoms with Crippen molar-refractivity contribution in [2.24, 2.45) is 14.1 Å². The zero-order valence-corrected chi connectivity index (χ0v) is 19.6. The second-order valence-electron chi connectivity index (χ2n) is 7.61. The van der Waals surface area contributed by atoms with Gasteiger partial charge in [-0.15, -0.1) is 0 Å². The lowest BCUT2D eigenvalue weighted by Crippen LogP contribution is -2.26. The van der Waals surface area contributed by atoms with E-state index in [2.05, 4.69) is 25.9 Å². The predicted molar refractivity (Wildman–Crippen MR) is 125 cm³/mol. The number of carbonyl (C=O) groups excluding carboxylic acids is 2. The normalized spacial score (nSPS) is 10.8. The quantitative estimate of drug-likeness (QED) is 0.398. The van der Waals surface area contributed by atoms with Crippen LogP contribution in [0.1, 0.15) is 32.1 Å². The number of anilines is 1. The number of halogens is 1. The lowest BCUT2D eigenvalue weighted by molar-refractivity contribution is 0.0942. The van der Waals surface area contributed by atoms with Crippen LogP contribution < -0.4 is 15.4 Å². The highest BCUT2D eigenvalue weighted by atomic mass is 35.5. The Balaban J connectivity index is 1.38. The second-order valence-corrected chi connectivity index (χ2v) is 8.02. The molecule has 0 atom stereocenters. The molecular formula is C22H23ClN8O3.